The predicted octanol–water partition coefficient (Wildman–Crippen LogP) is 2.13. The number of rotatable bonds is 3. The molecule has 94 valence electrons. The second-order valence-electron chi connectivity index (χ2n) is 5.46. The van der Waals surface area contributed by atoms with Crippen LogP contribution in [0.15, 0.2) is 24.3 Å². The third-order valence-electron chi connectivity index (χ3n) is 2.77. The maximum atomic E-state index is 11.8. The molecule has 0 aromatic heterocycles. The Labute approximate surface area is 103 Å². The van der Waals surface area contributed by atoms with Crippen LogP contribution in [0.4, 0.5) is 0 Å². The van der Waals surface area contributed by atoms with E-state index in [0.717, 1.165) is 5.56 Å². The maximum Gasteiger partial charge on any atom is 0.251 e. The van der Waals surface area contributed by atoms with Gasteiger partial charge in [-0.05, 0) is 24.5 Å². The van der Waals surface area contributed by atoms with Crippen molar-refractivity contribution in [1.29, 1.82) is 0 Å². The molecule has 0 saturated heterocycles. The summed E-state index contributed by atoms with van der Waals surface area (Å²) in [5, 5.41) is 12.5. The van der Waals surface area contributed by atoms with Gasteiger partial charge in [0, 0.05) is 12.1 Å². The van der Waals surface area contributed by atoms with Crippen LogP contribution >= 0.6 is 0 Å². The lowest BCUT2D eigenvalue weighted by Crippen LogP contribution is -2.39. The van der Waals surface area contributed by atoms with E-state index in [-0.39, 0.29) is 17.9 Å². The van der Waals surface area contributed by atoms with Crippen LogP contribution in [0, 0.1) is 12.3 Å². The van der Waals surface area contributed by atoms with Gasteiger partial charge in [-0.3, -0.25) is 4.79 Å². The molecule has 17 heavy (non-hydrogen) atoms. The summed E-state index contributed by atoms with van der Waals surface area (Å²) in [7, 11) is 0. The smallest absolute Gasteiger partial charge is 0.251 e. The van der Waals surface area contributed by atoms with Gasteiger partial charge in [0.25, 0.3) is 5.91 Å². The van der Waals surface area contributed by atoms with E-state index in [0.29, 0.717) is 5.56 Å². The molecule has 0 aliphatic heterocycles. The van der Waals surface area contributed by atoms with E-state index in [4.69, 9.17) is 0 Å². The van der Waals surface area contributed by atoms with Gasteiger partial charge in [0.1, 0.15) is 0 Å². The number of nitrogens with one attached hydrogen (secondary N) is 1. The molecule has 1 aromatic rings. The zero-order valence-electron chi connectivity index (χ0n) is 10.9. The van der Waals surface area contributed by atoms with Gasteiger partial charge in [-0.15, -0.1) is 0 Å². The van der Waals surface area contributed by atoms with E-state index in [1.807, 2.05) is 39.8 Å². The molecule has 0 aliphatic rings. The van der Waals surface area contributed by atoms with Gasteiger partial charge in [0.2, 0.25) is 0 Å². The zero-order valence-corrected chi connectivity index (χ0v) is 10.9. The summed E-state index contributed by atoms with van der Waals surface area (Å²) in [4.78, 5) is 11.8. The van der Waals surface area contributed by atoms with Gasteiger partial charge >= 0.3 is 0 Å². The summed E-state index contributed by atoms with van der Waals surface area (Å²) in [6.45, 7) is 8.07. The number of amides is 1. The molecule has 0 radical (unpaired) electrons. The van der Waals surface area contributed by atoms with Gasteiger partial charge in [-0.25, -0.2) is 0 Å². The second-order valence-corrected chi connectivity index (χ2v) is 5.46. The first-order valence-corrected chi connectivity index (χ1v) is 5.83. The van der Waals surface area contributed by atoms with E-state index in [1.165, 1.54) is 0 Å². The number of carbonyl (C=O) groups is 1. The first-order chi connectivity index (χ1) is 7.80. The molecular formula is C14H21NO2. The number of hydrogen-bond donors (Lipinski definition) is 2. The molecular weight excluding hydrogens is 214 g/mol. The van der Waals surface area contributed by atoms with Crippen LogP contribution in [0.1, 0.15) is 36.7 Å². The summed E-state index contributed by atoms with van der Waals surface area (Å²) in [5.41, 5.74) is 1.52. The number of carbonyl (C=O) groups excluding carboxylic acids is 1. The van der Waals surface area contributed by atoms with Gasteiger partial charge in [0.15, 0.2) is 0 Å². The summed E-state index contributed by atoms with van der Waals surface area (Å²) in [6.07, 6.45) is -0.545. The predicted molar refractivity (Wildman–Crippen MR) is 69.0 cm³/mol. The van der Waals surface area contributed by atoms with Crippen LogP contribution < -0.4 is 5.32 Å². The van der Waals surface area contributed by atoms with Crippen LogP contribution in [0.3, 0.4) is 0 Å². The van der Waals surface area contributed by atoms with Crippen molar-refractivity contribution in [2.45, 2.75) is 33.8 Å². The minimum Gasteiger partial charge on any atom is -0.391 e. The largest absolute Gasteiger partial charge is 0.391 e. The number of aliphatic hydroxyl groups excluding tert-OH is 1. The Morgan fingerprint density at radius 3 is 2.29 bits per heavy atom. The Hall–Kier alpha value is -1.35. The lowest BCUT2D eigenvalue weighted by Gasteiger charge is -2.25. The fraction of sp³-hybridized carbons (Fsp3) is 0.500. The second kappa shape index (κ2) is 5.32. The van der Waals surface area contributed by atoms with Crippen molar-refractivity contribution in [3.8, 4) is 0 Å². The molecule has 3 heteroatoms. The molecule has 0 aliphatic carbocycles. The van der Waals surface area contributed by atoms with Crippen molar-refractivity contribution in [3.63, 3.8) is 0 Å². The highest BCUT2D eigenvalue weighted by molar-refractivity contribution is 5.94. The van der Waals surface area contributed by atoms with Gasteiger partial charge < -0.3 is 10.4 Å². The van der Waals surface area contributed by atoms with Crippen molar-refractivity contribution >= 4 is 5.91 Å². The van der Waals surface area contributed by atoms with E-state index >= 15 is 0 Å². The molecule has 1 amide bonds. The van der Waals surface area contributed by atoms with Crippen LogP contribution in [0.25, 0.3) is 0 Å². The van der Waals surface area contributed by atoms with E-state index in [2.05, 4.69) is 5.32 Å². The van der Waals surface area contributed by atoms with Gasteiger partial charge in [-0.2, -0.15) is 0 Å². The first kappa shape index (κ1) is 13.7. The Balaban J connectivity index is 2.53. The molecule has 1 aromatic carbocycles. The van der Waals surface area contributed by atoms with E-state index in [1.54, 1.807) is 12.1 Å². The average molecular weight is 235 g/mol. The molecule has 3 nitrogen and oxygen atoms in total. The minimum absolute atomic E-state index is 0.145. The van der Waals surface area contributed by atoms with Crippen molar-refractivity contribution in [1.82, 2.24) is 5.32 Å². The number of benzene rings is 1. The van der Waals surface area contributed by atoms with Crippen molar-refractivity contribution in [2.75, 3.05) is 6.54 Å². The Morgan fingerprint density at radius 2 is 1.82 bits per heavy atom. The molecule has 0 saturated carbocycles. The monoisotopic (exact) mass is 235 g/mol. The minimum atomic E-state index is -0.545. The number of aryl methyl sites for hydroxylation is 1. The Bertz CT molecular complexity index is 376. The van der Waals surface area contributed by atoms with Crippen LogP contribution in [0.5, 0.6) is 0 Å². The molecule has 0 heterocycles. The lowest BCUT2D eigenvalue weighted by molar-refractivity contribution is 0.0587. The van der Waals surface area contributed by atoms with Gasteiger partial charge in [-0.1, -0.05) is 38.5 Å². The molecule has 1 atom stereocenters. The van der Waals surface area contributed by atoms with E-state index < -0.39 is 6.10 Å². The standard InChI is InChI=1S/C14H21NO2/c1-10-5-7-11(8-6-10)13(17)15-9-12(16)14(2,3)4/h5-8,12,16H,9H2,1-4H3,(H,15,17). The molecule has 1 rings (SSSR count). The third-order valence-corrected chi connectivity index (χ3v) is 2.77. The van der Waals surface area contributed by atoms with Gasteiger partial charge in [0.05, 0.1) is 6.10 Å². The Morgan fingerprint density at radius 1 is 1.29 bits per heavy atom. The maximum absolute atomic E-state index is 11.8. The van der Waals surface area contributed by atoms with Crippen LogP contribution in [-0.4, -0.2) is 23.7 Å². The topological polar surface area (TPSA) is 49.3 Å². The summed E-state index contributed by atoms with van der Waals surface area (Å²) < 4.78 is 0. The molecule has 0 bridgehead atoms. The van der Waals surface area contributed by atoms with Crippen molar-refractivity contribution in [2.24, 2.45) is 5.41 Å². The molecule has 1 unspecified atom stereocenters. The summed E-state index contributed by atoms with van der Waals surface area (Å²) in [5.74, 6) is -0.145. The van der Waals surface area contributed by atoms with E-state index in [9.17, 15) is 9.90 Å². The van der Waals surface area contributed by atoms with Crippen LogP contribution in [-0.2, 0) is 0 Å². The zero-order chi connectivity index (χ0) is 13.1. The lowest BCUT2D eigenvalue weighted by atomic mass is 9.89. The van der Waals surface area contributed by atoms with Crippen molar-refractivity contribution in [3.05, 3.63) is 35.4 Å². The molecule has 0 spiro atoms. The van der Waals surface area contributed by atoms with Crippen LogP contribution in [0.2, 0.25) is 0 Å². The molecule has 0 fully saturated rings. The quantitative estimate of drug-likeness (QED) is 0.843. The van der Waals surface area contributed by atoms with Crippen molar-refractivity contribution < 1.29 is 9.90 Å². The summed E-state index contributed by atoms with van der Waals surface area (Å²) >= 11 is 0. The fourth-order valence-electron chi connectivity index (χ4n) is 1.30. The fourth-order valence-corrected chi connectivity index (χ4v) is 1.30. The SMILES string of the molecule is Cc1ccc(C(=O)NCC(O)C(C)(C)C)cc1. The summed E-state index contributed by atoms with van der Waals surface area (Å²) in [6, 6.07) is 7.37. The molecule has 2 N–H and O–H groups in total. The Kier molecular flexibility index (Phi) is 4.29. The number of hydrogen-bond acceptors (Lipinski definition) is 2. The third kappa shape index (κ3) is 4.19. The highest BCUT2D eigenvalue weighted by Gasteiger charge is 2.22. The average Bonchev–Trinajstić information content (AvgIpc) is 2.25. The number of aliphatic hydroxyl groups is 1. The highest BCUT2D eigenvalue weighted by atomic mass is 16.3. The first-order valence-electron chi connectivity index (χ1n) is 5.83. The highest BCUT2D eigenvalue weighted by Crippen LogP contribution is 2.18. The normalized spacial score (nSPS) is 13.2.